The Balaban J connectivity index is 1.64. The van der Waals surface area contributed by atoms with E-state index in [9.17, 15) is 9.18 Å². The van der Waals surface area contributed by atoms with E-state index in [1.165, 1.54) is 25.5 Å². The van der Waals surface area contributed by atoms with Crippen LogP contribution < -0.4 is 15.4 Å². The van der Waals surface area contributed by atoms with Gasteiger partial charge in [-0.2, -0.15) is 0 Å². The van der Waals surface area contributed by atoms with Crippen molar-refractivity contribution < 1.29 is 13.9 Å². The molecule has 2 aromatic heterocycles. The first-order chi connectivity index (χ1) is 12.1. The smallest absolute Gasteiger partial charge is 0.221 e. The number of rotatable bonds is 4. The largest absolute Gasteiger partial charge is 0.493 e. The number of carbonyl (C=O) groups is 1. The maximum absolute atomic E-state index is 14.2. The molecule has 128 valence electrons. The van der Waals surface area contributed by atoms with Crippen molar-refractivity contribution in [3.8, 4) is 5.75 Å². The number of halogens is 1. The van der Waals surface area contributed by atoms with Crippen LogP contribution in [0.4, 0.5) is 16.0 Å². The van der Waals surface area contributed by atoms with Crippen molar-refractivity contribution in [1.82, 2.24) is 19.6 Å². The molecule has 0 atom stereocenters. The summed E-state index contributed by atoms with van der Waals surface area (Å²) >= 11 is 0. The second-order valence-corrected chi connectivity index (χ2v) is 5.66. The van der Waals surface area contributed by atoms with Gasteiger partial charge in [0.15, 0.2) is 5.65 Å². The number of aromatic nitrogens is 4. The van der Waals surface area contributed by atoms with Crippen molar-refractivity contribution in [2.75, 3.05) is 17.2 Å². The van der Waals surface area contributed by atoms with E-state index in [1.807, 2.05) is 0 Å². The molecular formula is C16H15FN6O2. The lowest BCUT2D eigenvalue weighted by molar-refractivity contribution is -0.114. The lowest BCUT2D eigenvalue weighted by atomic mass is 10.0. The van der Waals surface area contributed by atoms with E-state index in [0.717, 1.165) is 11.3 Å². The summed E-state index contributed by atoms with van der Waals surface area (Å²) in [5, 5.41) is 13.6. The summed E-state index contributed by atoms with van der Waals surface area (Å²) in [5.74, 6) is 0.660. The van der Waals surface area contributed by atoms with Crippen LogP contribution in [0, 0.1) is 5.82 Å². The van der Waals surface area contributed by atoms with Gasteiger partial charge in [-0.1, -0.05) is 0 Å². The van der Waals surface area contributed by atoms with Crippen LogP contribution in [0.3, 0.4) is 0 Å². The number of nitrogens with one attached hydrogen (secondary N) is 2. The van der Waals surface area contributed by atoms with E-state index in [4.69, 9.17) is 4.74 Å². The highest BCUT2D eigenvalue weighted by Crippen LogP contribution is 2.30. The topological polar surface area (TPSA) is 93.4 Å². The molecule has 1 aliphatic rings. The van der Waals surface area contributed by atoms with Gasteiger partial charge >= 0.3 is 0 Å². The third-order valence-electron chi connectivity index (χ3n) is 4.01. The van der Waals surface area contributed by atoms with E-state index in [0.29, 0.717) is 35.9 Å². The summed E-state index contributed by atoms with van der Waals surface area (Å²) in [7, 11) is 0. The van der Waals surface area contributed by atoms with Gasteiger partial charge in [0.2, 0.25) is 11.9 Å². The van der Waals surface area contributed by atoms with Crippen molar-refractivity contribution in [3.63, 3.8) is 0 Å². The molecule has 0 fully saturated rings. The van der Waals surface area contributed by atoms with Crippen LogP contribution in [0.25, 0.3) is 5.65 Å². The third kappa shape index (κ3) is 2.73. The summed E-state index contributed by atoms with van der Waals surface area (Å²) < 4.78 is 21.3. The quantitative estimate of drug-likeness (QED) is 0.750. The molecule has 0 bridgehead atoms. The Labute approximate surface area is 142 Å². The van der Waals surface area contributed by atoms with E-state index in [1.54, 1.807) is 10.5 Å². The minimum atomic E-state index is -0.286. The SMILES string of the molecule is CC(=O)Nc1cnc(NCc2c(F)ccc3c2CCO3)n2cnnc12. The average molecular weight is 342 g/mol. The second kappa shape index (κ2) is 6.00. The molecule has 3 aromatic rings. The van der Waals surface area contributed by atoms with Crippen molar-refractivity contribution in [1.29, 1.82) is 0 Å². The van der Waals surface area contributed by atoms with Crippen molar-refractivity contribution in [2.45, 2.75) is 19.9 Å². The van der Waals surface area contributed by atoms with Crippen molar-refractivity contribution in [3.05, 3.63) is 41.6 Å². The van der Waals surface area contributed by atoms with E-state index in [2.05, 4.69) is 25.8 Å². The zero-order chi connectivity index (χ0) is 17.4. The number of anilines is 2. The Bertz CT molecular complexity index is 971. The van der Waals surface area contributed by atoms with E-state index < -0.39 is 0 Å². The van der Waals surface area contributed by atoms with E-state index >= 15 is 0 Å². The highest BCUT2D eigenvalue weighted by molar-refractivity contribution is 5.92. The van der Waals surface area contributed by atoms with Crippen LogP contribution in [0.2, 0.25) is 0 Å². The monoisotopic (exact) mass is 342 g/mol. The molecule has 1 aliphatic heterocycles. The van der Waals surface area contributed by atoms with Crippen LogP contribution in [0.5, 0.6) is 5.75 Å². The van der Waals surface area contributed by atoms with Gasteiger partial charge in [0.25, 0.3) is 0 Å². The van der Waals surface area contributed by atoms with E-state index in [-0.39, 0.29) is 18.3 Å². The predicted molar refractivity (Wildman–Crippen MR) is 88.0 cm³/mol. The van der Waals surface area contributed by atoms with Crippen LogP contribution in [0.15, 0.2) is 24.7 Å². The number of fused-ring (bicyclic) bond motifs is 2. The van der Waals surface area contributed by atoms with Gasteiger partial charge in [-0.3, -0.25) is 4.79 Å². The number of ether oxygens (including phenoxy) is 1. The standard InChI is InChI=1S/C16H15FN6O2/c1-9(24)21-13-7-19-16(23-8-20-22-15(13)23)18-6-11-10-4-5-25-14(10)3-2-12(11)17/h2-3,7-8H,4-6H2,1H3,(H,18,19)(H,21,24). The molecule has 0 aliphatic carbocycles. The highest BCUT2D eigenvalue weighted by Gasteiger charge is 2.20. The normalized spacial score (nSPS) is 12.7. The van der Waals surface area contributed by atoms with Crippen molar-refractivity contribution in [2.24, 2.45) is 0 Å². The van der Waals surface area contributed by atoms with Crippen molar-refractivity contribution >= 4 is 23.2 Å². The molecular weight excluding hydrogens is 327 g/mol. The molecule has 25 heavy (non-hydrogen) atoms. The van der Waals surface area contributed by atoms with Gasteiger partial charge in [-0.25, -0.2) is 13.8 Å². The molecule has 2 N–H and O–H groups in total. The van der Waals surface area contributed by atoms with Gasteiger partial charge in [0, 0.05) is 31.0 Å². The summed E-state index contributed by atoms with van der Waals surface area (Å²) in [6.45, 7) is 2.21. The zero-order valence-corrected chi connectivity index (χ0v) is 13.4. The number of benzene rings is 1. The second-order valence-electron chi connectivity index (χ2n) is 5.66. The Kier molecular flexibility index (Phi) is 3.68. The van der Waals surface area contributed by atoms with Crippen LogP contribution >= 0.6 is 0 Å². The molecule has 1 amide bonds. The zero-order valence-electron chi connectivity index (χ0n) is 13.4. The lowest BCUT2D eigenvalue weighted by Gasteiger charge is -2.12. The van der Waals surface area contributed by atoms with Gasteiger partial charge < -0.3 is 15.4 Å². The summed E-state index contributed by atoms with van der Waals surface area (Å²) in [5.41, 5.74) is 2.34. The highest BCUT2D eigenvalue weighted by atomic mass is 19.1. The number of hydrogen-bond donors (Lipinski definition) is 2. The molecule has 8 nitrogen and oxygen atoms in total. The summed E-state index contributed by atoms with van der Waals surface area (Å²) in [4.78, 5) is 15.5. The minimum Gasteiger partial charge on any atom is -0.493 e. The molecule has 1 aromatic carbocycles. The Hall–Kier alpha value is -3.23. The molecule has 0 unspecified atom stereocenters. The molecule has 4 rings (SSSR count). The Morgan fingerprint density at radius 3 is 3.16 bits per heavy atom. The summed E-state index contributed by atoms with van der Waals surface area (Å²) in [6, 6.07) is 3.06. The first-order valence-electron chi connectivity index (χ1n) is 7.76. The molecule has 0 spiro atoms. The summed E-state index contributed by atoms with van der Waals surface area (Å²) in [6.07, 6.45) is 3.65. The van der Waals surface area contributed by atoms with Gasteiger partial charge in [0.1, 0.15) is 23.6 Å². The predicted octanol–water partition coefficient (Wildman–Crippen LogP) is 1.77. The number of carbonyl (C=O) groups excluding carboxylic acids is 1. The number of hydrogen-bond acceptors (Lipinski definition) is 6. The molecule has 0 saturated carbocycles. The minimum absolute atomic E-state index is 0.227. The van der Waals surface area contributed by atoms with Crippen LogP contribution in [-0.2, 0) is 17.8 Å². The fraction of sp³-hybridized carbons (Fsp3) is 0.250. The average Bonchev–Trinajstić information content (AvgIpc) is 3.24. The fourth-order valence-electron chi connectivity index (χ4n) is 2.90. The lowest BCUT2D eigenvalue weighted by Crippen LogP contribution is -2.12. The maximum atomic E-state index is 14.2. The molecule has 3 heterocycles. The van der Waals surface area contributed by atoms with Gasteiger partial charge in [-0.05, 0) is 12.1 Å². The van der Waals surface area contributed by atoms with Gasteiger partial charge in [0.05, 0.1) is 12.8 Å². The maximum Gasteiger partial charge on any atom is 0.221 e. The van der Waals surface area contributed by atoms with Gasteiger partial charge in [-0.15, -0.1) is 10.2 Å². The molecule has 0 radical (unpaired) electrons. The molecule has 9 heteroatoms. The third-order valence-corrected chi connectivity index (χ3v) is 4.01. The van der Waals surface area contributed by atoms with Crippen LogP contribution in [-0.4, -0.2) is 32.1 Å². The number of amides is 1. The Morgan fingerprint density at radius 2 is 2.32 bits per heavy atom. The number of nitrogens with zero attached hydrogens (tertiary/aromatic N) is 4. The fourth-order valence-corrected chi connectivity index (χ4v) is 2.90. The molecule has 0 saturated heterocycles. The van der Waals surface area contributed by atoms with Crippen LogP contribution in [0.1, 0.15) is 18.1 Å². The first-order valence-corrected chi connectivity index (χ1v) is 7.76. The first kappa shape index (κ1) is 15.3. The Morgan fingerprint density at radius 1 is 1.44 bits per heavy atom.